The third-order valence-electron chi connectivity index (χ3n) is 4.45. The zero-order valence-corrected chi connectivity index (χ0v) is 18.8. The molecule has 0 atom stereocenters. The molecular formula is C23H37N5O2. The van der Waals surface area contributed by atoms with Crippen molar-refractivity contribution in [2.24, 2.45) is 0 Å². The van der Waals surface area contributed by atoms with Crippen molar-refractivity contribution >= 4 is 22.8 Å². The molecule has 2 heterocycles. The fraction of sp³-hybridized carbons (Fsp3) is 0.478. The van der Waals surface area contributed by atoms with E-state index in [0.717, 1.165) is 28.8 Å². The highest BCUT2D eigenvalue weighted by Gasteiger charge is 2.10. The summed E-state index contributed by atoms with van der Waals surface area (Å²) >= 11 is 0. The van der Waals surface area contributed by atoms with E-state index in [2.05, 4.69) is 16.9 Å². The standard InChI is InChI=1S/C14H15N5O.C7H16O.C2H6/c1-20-11-5-3-2-4-9(11)8-19-7-6-10-12(19)13(15)18-14(16)17-10;1-2-3-4-5-6-7-8;1-2/h2-7H,8H2,1H3,(H4,15,16,17,18);8H,2-7H2,1H3;1-2H3. The fourth-order valence-corrected chi connectivity index (χ4v) is 3.02. The van der Waals surface area contributed by atoms with Crippen LogP contribution < -0.4 is 16.2 Å². The van der Waals surface area contributed by atoms with Crippen molar-refractivity contribution in [3.8, 4) is 5.75 Å². The van der Waals surface area contributed by atoms with Gasteiger partial charge in [0.05, 0.1) is 19.2 Å². The normalized spacial score (nSPS) is 10.0. The lowest BCUT2D eigenvalue weighted by molar-refractivity contribution is 0.282. The SMILES string of the molecule is CC.CCCCCCCO.COc1ccccc1Cn1ccc2nc(N)nc(N)c21. The van der Waals surface area contributed by atoms with Crippen LogP contribution in [0.5, 0.6) is 5.75 Å². The number of benzene rings is 1. The van der Waals surface area contributed by atoms with E-state index in [9.17, 15) is 0 Å². The van der Waals surface area contributed by atoms with E-state index in [0.29, 0.717) is 19.0 Å². The zero-order valence-electron chi connectivity index (χ0n) is 18.8. The Morgan fingerprint density at radius 2 is 1.70 bits per heavy atom. The van der Waals surface area contributed by atoms with Crippen LogP contribution in [-0.4, -0.2) is 33.4 Å². The van der Waals surface area contributed by atoms with Gasteiger partial charge in [0.15, 0.2) is 5.82 Å². The van der Waals surface area contributed by atoms with Gasteiger partial charge < -0.3 is 25.9 Å². The second-order valence-corrected chi connectivity index (χ2v) is 6.59. The highest BCUT2D eigenvalue weighted by atomic mass is 16.5. The largest absolute Gasteiger partial charge is 0.496 e. The summed E-state index contributed by atoms with van der Waals surface area (Å²) in [5.41, 5.74) is 14.1. The molecule has 0 aliphatic carbocycles. The number of anilines is 2. The van der Waals surface area contributed by atoms with Crippen LogP contribution in [0.4, 0.5) is 11.8 Å². The Labute approximate surface area is 180 Å². The molecule has 0 aliphatic rings. The molecule has 1 aromatic carbocycles. The first-order valence-corrected chi connectivity index (χ1v) is 10.7. The minimum atomic E-state index is 0.185. The molecule has 7 nitrogen and oxygen atoms in total. The van der Waals surface area contributed by atoms with E-state index in [-0.39, 0.29) is 5.95 Å². The number of unbranched alkanes of at least 4 members (excludes halogenated alkanes) is 4. The van der Waals surface area contributed by atoms with Gasteiger partial charge in [-0.3, -0.25) is 0 Å². The number of hydrogen-bond donors (Lipinski definition) is 3. The second-order valence-electron chi connectivity index (χ2n) is 6.59. The molecule has 0 radical (unpaired) electrons. The van der Waals surface area contributed by atoms with E-state index in [4.69, 9.17) is 21.3 Å². The van der Waals surface area contributed by atoms with Crippen LogP contribution in [0.3, 0.4) is 0 Å². The van der Waals surface area contributed by atoms with Crippen LogP contribution in [0.25, 0.3) is 11.0 Å². The summed E-state index contributed by atoms with van der Waals surface area (Å²) < 4.78 is 7.35. The van der Waals surface area contributed by atoms with Crippen LogP contribution in [0.1, 0.15) is 58.4 Å². The summed E-state index contributed by atoms with van der Waals surface area (Å²) in [5, 5.41) is 8.37. The topological polar surface area (TPSA) is 112 Å². The van der Waals surface area contributed by atoms with E-state index in [1.807, 2.05) is 54.9 Å². The molecule has 30 heavy (non-hydrogen) atoms. The number of nitrogen functional groups attached to an aromatic ring is 2. The molecule has 0 fully saturated rings. The molecule has 166 valence electrons. The number of para-hydroxylation sites is 1. The Balaban J connectivity index is 0.000000383. The lowest BCUT2D eigenvalue weighted by atomic mass is 10.2. The molecule has 0 unspecified atom stereocenters. The molecule has 0 aliphatic heterocycles. The predicted molar refractivity (Wildman–Crippen MR) is 126 cm³/mol. The molecule has 2 aromatic heterocycles. The fourth-order valence-electron chi connectivity index (χ4n) is 3.02. The maximum absolute atomic E-state index is 8.37. The lowest BCUT2D eigenvalue weighted by Crippen LogP contribution is -2.05. The number of methoxy groups -OCH3 is 1. The average molecular weight is 416 g/mol. The third-order valence-corrected chi connectivity index (χ3v) is 4.45. The molecule has 0 saturated heterocycles. The average Bonchev–Trinajstić information content (AvgIpc) is 3.16. The third kappa shape index (κ3) is 7.55. The molecular weight excluding hydrogens is 378 g/mol. The Bertz CT molecular complexity index is 858. The summed E-state index contributed by atoms with van der Waals surface area (Å²) in [5.74, 6) is 1.40. The van der Waals surface area contributed by atoms with Gasteiger partial charge in [0.1, 0.15) is 11.3 Å². The number of ether oxygens (including phenoxy) is 1. The van der Waals surface area contributed by atoms with E-state index >= 15 is 0 Å². The minimum Gasteiger partial charge on any atom is -0.496 e. The molecule has 3 aromatic rings. The van der Waals surface area contributed by atoms with Gasteiger partial charge in [-0.15, -0.1) is 0 Å². The van der Waals surface area contributed by atoms with Gasteiger partial charge in [-0.05, 0) is 18.6 Å². The maximum atomic E-state index is 8.37. The van der Waals surface area contributed by atoms with Crippen molar-refractivity contribution in [3.05, 3.63) is 42.1 Å². The summed E-state index contributed by atoms with van der Waals surface area (Å²) in [4.78, 5) is 8.19. The summed E-state index contributed by atoms with van der Waals surface area (Å²) in [6, 6.07) is 9.73. The van der Waals surface area contributed by atoms with Gasteiger partial charge in [-0.1, -0.05) is 64.7 Å². The number of fused-ring (bicyclic) bond motifs is 1. The minimum absolute atomic E-state index is 0.185. The molecule has 0 spiro atoms. The van der Waals surface area contributed by atoms with Crippen LogP contribution in [0.2, 0.25) is 0 Å². The first-order valence-electron chi connectivity index (χ1n) is 10.7. The smallest absolute Gasteiger partial charge is 0.222 e. The highest BCUT2D eigenvalue weighted by molar-refractivity contribution is 5.86. The predicted octanol–water partition coefficient (Wildman–Crippen LogP) is 4.63. The Hall–Kier alpha value is -2.80. The Morgan fingerprint density at radius 1 is 1.00 bits per heavy atom. The number of rotatable bonds is 8. The summed E-state index contributed by atoms with van der Waals surface area (Å²) in [6.07, 6.45) is 7.99. The molecule has 0 bridgehead atoms. The van der Waals surface area contributed by atoms with Crippen molar-refractivity contribution in [1.29, 1.82) is 0 Å². The number of aliphatic hydroxyl groups excluding tert-OH is 1. The van der Waals surface area contributed by atoms with Crippen LogP contribution in [0.15, 0.2) is 36.5 Å². The molecule has 0 amide bonds. The van der Waals surface area contributed by atoms with E-state index in [1.165, 1.54) is 25.7 Å². The van der Waals surface area contributed by atoms with Crippen molar-refractivity contribution < 1.29 is 9.84 Å². The summed E-state index contributed by atoms with van der Waals surface area (Å²) in [7, 11) is 1.66. The van der Waals surface area contributed by atoms with Crippen LogP contribution in [0, 0.1) is 0 Å². The molecule has 7 heteroatoms. The van der Waals surface area contributed by atoms with Crippen LogP contribution in [-0.2, 0) is 6.54 Å². The van der Waals surface area contributed by atoms with Crippen molar-refractivity contribution in [2.45, 2.75) is 59.4 Å². The van der Waals surface area contributed by atoms with Crippen molar-refractivity contribution in [3.63, 3.8) is 0 Å². The van der Waals surface area contributed by atoms with Crippen molar-refractivity contribution in [1.82, 2.24) is 14.5 Å². The number of nitrogens with zero attached hydrogens (tertiary/aromatic N) is 3. The number of hydrogen-bond acceptors (Lipinski definition) is 6. The molecule has 5 N–H and O–H groups in total. The van der Waals surface area contributed by atoms with Gasteiger partial charge in [0.2, 0.25) is 5.95 Å². The first kappa shape index (κ1) is 25.2. The van der Waals surface area contributed by atoms with Gasteiger partial charge in [0.25, 0.3) is 0 Å². The maximum Gasteiger partial charge on any atom is 0.222 e. The number of nitrogens with two attached hydrogens (primary N) is 2. The van der Waals surface area contributed by atoms with Gasteiger partial charge in [-0.25, -0.2) is 4.98 Å². The molecule has 0 saturated carbocycles. The second kappa shape index (κ2) is 14.2. The quantitative estimate of drug-likeness (QED) is 0.463. The number of aromatic nitrogens is 3. The Morgan fingerprint density at radius 3 is 2.37 bits per heavy atom. The molecule has 3 rings (SSSR count). The van der Waals surface area contributed by atoms with Gasteiger partial charge in [-0.2, -0.15) is 4.98 Å². The van der Waals surface area contributed by atoms with Gasteiger partial charge in [0, 0.05) is 18.4 Å². The monoisotopic (exact) mass is 415 g/mol. The van der Waals surface area contributed by atoms with Gasteiger partial charge >= 0.3 is 0 Å². The zero-order chi connectivity index (χ0) is 22.4. The van der Waals surface area contributed by atoms with Crippen LogP contribution >= 0.6 is 0 Å². The number of aliphatic hydroxyl groups is 1. The van der Waals surface area contributed by atoms with E-state index in [1.54, 1.807) is 7.11 Å². The summed E-state index contributed by atoms with van der Waals surface area (Å²) in [6.45, 7) is 7.19. The first-order chi connectivity index (χ1) is 14.6. The highest BCUT2D eigenvalue weighted by Crippen LogP contribution is 2.24. The van der Waals surface area contributed by atoms with Crippen molar-refractivity contribution in [2.75, 3.05) is 25.2 Å². The van der Waals surface area contributed by atoms with E-state index < -0.39 is 0 Å². The lowest BCUT2D eigenvalue weighted by Gasteiger charge is -2.10. The Kier molecular flexibility index (Phi) is 12.0.